The Morgan fingerprint density at radius 2 is 0.795 bits per heavy atom. The van der Waals surface area contributed by atoms with Crippen molar-refractivity contribution in [3.63, 3.8) is 0 Å². The quantitative estimate of drug-likeness (QED) is 0.197. The predicted molar refractivity (Wildman–Crippen MR) is 167 cm³/mol. The van der Waals surface area contributed by atoms with Gasteiger partial charge in [-0.1, -0.05) is 152 Å². The van der Waals surface area contributed by atoms with Gasteiger partial charge in [0.15, 0.2) is 0 Å². The Labute approximate surface area is 231 Å². The second-order valence-electron chi connectivity index (χ2n) is 9.44. The number of hydrogen-bond donors (Lipinski definition) is 0. The van der Waals surface area contributed by atoms with E-state index in [0.717, 1.165) is 22.6 Å². The molecule has 0 bridgehead atoms. The minimum atomic E-state index is 1.11. The molecule has 186 valence electrons. The molecule has 0 spiro atoms. The van der Waals surface area contributed by atoms with Crippen LogP contribution in [0.2, 0.25) is 0 Å². The fourth-order valence-electron chi connectivity index (χ4n) is 4.99. The molecule has 0 N–H and O–H groups in total. The molecule has 0 unspecified atom stereocenters. The molecule has 0 atom stereocenters. The van der Waals surface area contributed by atoms with E-state index in [4.69, 9.17) is 0 Å². The van der Waals surface area contributed by atoms with Gasteiger partial charge < -0.3 is 4.90 Å². The lowest BCUT2D eigenvalue weighted by Crippen LogP contribution is -2.12. The van der Waals surface area contributed by atoms with E-state index in [0.29, 0.717) is 0 Å². The first-order valence-electron chi connectivity index (χ1n) is 13.3. The summed E-state index contributed by atoms with van der Waals surface area (Å²) in [6.07, 6.45) is 4.35. The van der Waals surface area contributed by atoms with Crippen molar-refractivity contribution in [1.82, 2.24) is 0 Å². The summed E-state index contributed by atoms with van der Waals surface area (Å²) in [7, 11) is 0. The smallest absolute Gasteiger partial charge is 0.0540 e. The Morgan fingerprint density at radius 1 is 0.359 bits per heavy atom. The van der Waals surface area contributed by atoms with Gasteiger partial charge in [-0.25, -0.2) is 0 Å². The zero-order valence-corrected chi connectivity index (χ0v) is 21.7. The van der Waals surface area contributed by atoms with Crippen molar-refractivity contribution in [1.29, 1.82) is 0 Å². The minimum Gasteiger partial charge on any atom is -0.309 e. The molecule has 0 heterocycles. The van der Waals surface area contributed by atoms with Crippen molar-refractivity contribution >= 4 is 29.2 Å². The summed E-state index contributed by atoms with van der Waals surface area (Å²) in [6.45, 7) is 0. The Balaban J connectivity index is 1.54. The van der Waals surface area contributed by atoms with Gasteiger partial charge in [0.1, 0.15) is 0 Å². The molecule has 0 amide bonds. The Hall–Kier alpha value is -5.14. The van der Waals surface area contributed by atoms with Crippen molar-refractivity contribution < 1.29 is 0 Å². The van der Waals surface area contributed by atoms with Crippen LogP contribution in [0, 0.1) is 0 Å². The van der Waals surface area contributed by atoms with Crippen LogP contribution in [0.1, 0.15) is 11.1 Å². The highest BCUT2D eigenvalue weighted by molar-refractivity contribution is 5.93. The van der Waals surface area contributed by atoms with E-state index in [2.05, 4.69) is 175 Å². The first-order valence-corrected chi connectivity index (χ1v) is 13.3. The topological polar surface area (TPSA) is 3.24 Å². The van der Waals surface area contributed by atoms with E-state index >= 15 is 0 Å². The zero-order valence-electron chi connectivity index (χ0n) is 21.7. The lowest BCUT2D eigenvalue weighted by Gasteiger charge is -2.30. The summed E-state index contributed by atoms with van der Waals surface area (Å²) in [5.74, 6) is 0. The van der Waals surface area contributed by atoms with Gasteiger partial charge >= 0.3 is 0 Å². The van der Waals surface area contributed by atoms with Gasteiger partial charge in [0.05, 0.1) is 11.4 Å². The number of para-hydroxylation sites is 2. The Kier molecular flexibility index (Phi) is 7.14. The SMILES string of the molecule is C(=Cc1cccc(N(c2ccccc2-c2ccccc2)c2ccccc2-c2ccccc2)c1)c1ccccc1. The first-order chi connectivity index (χ1) is 19.4. The third kappa shape index (κ3) is 5.44. The molecule has 0 aromatic heterocycles. The molecule has 0 saturated heterocycles. The second kappa shape index (κ2) is 11.5. The summed E-state index contributed by atoms with van der Waals surface area (Å²) < 4.78 is 0. The lowest BCUT2D eigenvalue weighted by molar-refractivity contribution is 1.28. The van der Waals surface area contributed by atoms with Crippen molar-refractivity contribution in [2.24, 2.45) is 0 Å². The summed E-state index contributed by atoms with van der Waals surface area (Å²) >= 11 is 0. The van der Waals surface area contributed by atoms with E-state index < -0.39 is 0 Å². The van der Waals surface area contributed by atoms with Crippen LogP contribution in [0.3, 0.4) is 0 Å². The second-order valence-corrected chi connectivity index (χ2v) is 9.44. The van der Waals surface area contributed by atoms with Gasteiger partial charge in [0.2, 0.25) is 0 Å². The highest BCUT2D eigenvalue weighted by atomic mass is 15.1. The first kappa shape index (κ1) is 24.2. The number of benzene rings is 6. The molecule has 0 saturated carbocycles. The molecule has 6 aromatic rings. The molecular formula is C38H29N. The summed E-state index contributed by atoms with van der Waals surface area (Å²) in [6, 6.07) is 57.8. The largest absolute Gasteiger partial charge is 0.309 e. The third-order valence-electron chi connectivity index (χ3n) is 6.86. The van der Waals surface area contributed by atoms with Gasteiger partial charge in [-0.15, -0.1) is 0 Å². The average molecular weight is 500 g/mol. The normalized spacial score (nSPS) is 11.0. The summed E-state index contributed by atoms with van der Waals surface area (Å²) in [4.78, 5) is 2.39. The summed E-state index contributed by atoms with van der Waals surface area (Å²) in [5.41, 5.74) is 10.5. The fraction of sp³-hybridized carbons (Fsp3) is 0. The maximum atomic E-state index is 2.39. The third-order valence-corrected chi connectivity index (χ3v) is 6.86. The molecular weight excluding hydrogens is 470 g/mol. The van der Waals surface area contributed by atoms with Crippen LogP contribution in [-0.4, -0.2) is 0 Å². The molecule has 0 aliphatic heterocycles. The minimum absolute atomic E-state index is 1.11. The molecule has 0 aliphatic rings. The summed E-state index contributed by atoms with van der Waals surface area (Å²) in [5, 5.41) is 0. The van der Waals surface area contributed by atoms with Crippen LogP contribution < -0.4 is 4.90 Å². The molecule has 0 fully saturated rings. The molecule has 39 heavy (non-hydrogen) atoms. The Bertz CT molecular complexity index is 1600. The fourth-order valence-corrected chi connectivity index (χ4v) is 4.99. The van der Waals surface area contributed by atoms with Gasteiger partial charge in [-0.3, -0.25) is 0 Å². The molecule has 0 radical (unpaired) electrons. The van der Waals surface area contributed by atoms with Crippen LogP contribution >= 0.6 is 0 Å². The highest BCUT2D eigenvalue weighted by Gasteiger charge is 2.20. The lowest BCUT2D eigenvalue weighted by atomic mass is 9.98. The van der Waals surface area contributed by atoms with Crippen LogP contribution in [0.15, 0.2) is 164 Å². The van der Waals surface area contributed by atoms with Crippen molar-refractivity contribution in [2.45, 2.75) is 0 Å². The highest BCUT2D eigenvalue weighted by Crippen LogP contribution is 2.44. The number of hydrogen-bond acceptors (Lipinski definition) is 1. The maximum Gasteiger partial charge on any atom is 0.0540 e. The zero-order chi connectivity index (χ0) is 26.3. The standard InChI is InChI=1S/C38H29N/c1-4-15-30(16-5-1)27-28-31-17-14-22-34(29-31)39(37-25-12-10-23-35(37)32-18-6-2-7-19-32)38-26-13-11-24-36(38)33-20-8-3-9-21-33/h1-29H. The van der Waals surface area contributed by atoms with Gasteiger partial charge in [0.25, 0.3) is 0 Å². The van der Waals surface area contributed by atoms with E-state index in [1.807, 2.05) is 6.07 Å². The maximum absolute atomic E-state index is 2.39. The van der Waals surface area contributed by atoms with Crippen LogP contribution in [-0.2, 0) is 0 Å². The van der Waals surface area contributed by atoms with Gasteiger partial charge in [-0.2, -0.15) is 0 Å². The number of anilines is 3. The number of rotatable bonds is 7. The molecule has 1 nitrogen and oxygen atoms in total. The van der Waals surface area contributed by atoms with E-state index in [1.165, 1.54) is 27.8 Å². The van der Waals surface area contributed by atoms with E-state index in [-0.39, 0.29) is 0 Å². The monoisotopic (exact) mass is 499 g/mol. The van der Waals surface area contributed by atoms with Crippen LogP contribution in [0.4, 0.5) is 17.1 Å². The van der Waals surface area contributed by atoms with E-state index in [9.17, 15) is 0 Å². The van der Waals surface area contributed by atoms with Crippen molar-refractivity contribution in [3.05, 3.63) is 175 Å². The molecule has 0 aliphatic carbocycles. The predicted octanol–water partition coefficient (Wildman–Crippen LogP) is 10.7. The van der Waals surface area contributed by atoms with Crippen molar-refractivity contribution in [2.75, 3.05) is 4.90 Å². The Morgan fingerprint density at radius 3 is 1.36 bits per heavy atom. The average Bonchev–Trinajstić information content (AvgIpc) is 3.02. The van der Waals surface area contributed by atoms with Crippen LogP contribution in [0.5, 0.6) is 0 Å². The van der Waals surface area contributed by atoms with E-state index in [1.54, 1.807) is 0 Å². The van der Waals surface area contributed by atoms with Crippen LogP contribution in [0.25, 0.3) is 34.4 Å². The number of nitrogens with zero attached hydrogens (tertiary/aromatic N) is 1. The van der Waals surface area contributed by atoms with Gasteiger partial charge in [-0.05, 0) is 46.5 Å². The molecule has 6 aromatic carbocycles. The van der Waals surface area contributed by atoms with Crippen molar-refractivity contribution in [3.8, 4) is 22.3 Å². The molecule has 6 rings (SSSR count). The van der Waals surface area contributed by atoms with Gasteiger partial charge in [0, 0.05) is 16.8 Å². The molecule has 1 heteroatoms.